The van der Waals surface area contributed by atoms with Crippen molar-refractivity contribution in [2.75, 3.05) is 30.4 Å². The van der Waals surface area contributed by atoms with Crippen LogP contribution in [0.5, 0.6) is 5.75 Å². The maximum Gasteiger partial charge on any atom is 0.227 e. The van der Waals surface area contributed by atoms with Crippen LogP contribution in [0.1, 0.15) is 18.5 Å². The number of hydrogen-bond donors (Lipinski definition) is 1. The fourth-order valence-corrected chi connectivity index (χ4v) is 4.55. The van der Waals surface area contributed by atoms with E-state index in [1.54, 1.807) is 13.2 Å². The second kappa shape index (κ2) is 9.13. The molecule has 5 rings (SSSR count). The number of fused-ring (bicyclic) bond motifs is 1. The van der Waals surface area contributed by atoms with Gasteiger partial charge in [-0.15, -0.1) is 0 Å². The van der Waals surface area contributed by atoms with E-state index >= 15 is 0 Å². The Kier molecular flexibility index (Phi) is 5.88. The minimum atomic E-state index is -0.271. The molecule has 2 aromatic heterocycles. The number of nitrogens with zero attached hydrogens (tertiary/aromatic N) is 4. The first kappa shape index (κ1) is 21.9. The maximum absolute atomic E-state index is 14.6. The van der Waals surface area contributed by atoms with Gasteiger partial charge in [-0.05, 0) is 43.7 Å². The van der Waals surface area contributed by atoms with Crippen LogP contribution in [0.25, 0.3) is 22.2 Å². The molecule has 2 aromatic carbocycles. The van der Waals surface area contributed by atoms with Crippen molar-refractivity contribution < 1.29 is 13.9 Å². The van der Waals surface area contributed by atoms with Crippen molar-refractivity contribution in [3.8, 4) is 17.0 Å². The average molecular weight is 460 g/mol. The number of nitrogens with one attached hydrogen (secondary N) is 1. The summed E-state index contributed by atoms with van der Waals surface area (Å²) < 4.78 is 21.9. The molecule has 1 saturated heterocycles. The topological polar surface area (TPSA) is 72.3 Å². The average Bonchev–Trinajstić information content (AvgIpc) is 3.43. The van der Waals surface area contributed by atoms with Gasteiger partial charge in [0.05, 0.1) is 18.3 Å². The molecule has 174 valence electrons. The van der Waals surface area contributed by atoms with E-state index in [2.05, 4.69) is 15.3 Å². The van der Waals surface area contributed by atoms with Crippen molar-refractivity contribution in [1.82, 2.24) is 14.5 Å². The van der Waals surface area contributed by atoms with Gasteiger partial charge in [0.2, 0.25) is 5.91 Å². The van der Waals surface area contributed by atoms with Crippen LogP contribution < -0.4 is 15.0 Å². The van der Waals surface area contributed by atoms with Crippen LogP contribution in [-0.4, -0.2) is 40.6 Å². The zero-order valence-electron chi connectivity index (χ0n) is 19.2. The fraction of sp³-hybridized carbons (Fsp3) is 0.269. The van der Waals surface area contributed by atoms with E-state index in [0.717, 1.165) is 41.0 Å². The molecule has 1 fully saturated rings. The van der Waals surface area contributed by atoms with E-state index < -0.39 is 0 Å². The Morgan fingerprint density at radius 2 is 1.94 bits per heavy atom. The highest BCUT2D eigenvalue weighted by atomic mass is 19.1. The number of carbonyl (C=O) groups is 1. The Balaban J connectivity index is 1.29. The molecule has 0 spiro atoms. The summed E-state index contributed by atoms with van der Waals surface area (Å²) in [4.78, 5) is 22.5. The molecule has 0 aliphatic carbocycles. The molecule has 1 aliphatic heterocycles. The van der Waals surface area contributed by atoms with E-state index in [9.17, 15) is 9.18 Å². The first-order valence-electron chi connectivity index (χ1n) is 11.3. The van der Waals surface area contributed by atoms with Crippen LogP contribution in [0.15, 0.2) is 54.9 Å². The second-order valence-electron chi connectivity index (χ2n) is 8.36. The number of aryl methyl sites for hydroxylation is 1. The third-order valence-corrected chi connectivity index (χ3v) is 6.25. The summed E-state index contributed by atoms with van der Waals surface area (Å²) in [6, 6.07) is 14.8. The molecule has 4 aromatic rings. The lowest BCUT2D eigenvalue weighted by Crippen LogP contribution is -2.23. The van der Waals surface area contributed by atoms with Gasteiger partial charge in [-0.25, -0.2) is 14.4 Å². The van der Waals surface area contributed by atoms with Gasteiger partial charge >= 0.3 is 0 Å². The predicted octanol–water partition coefficient (Wildman–Crippen LogP) is 4.79. The fourth-order valence-electron chi connectivity index (χ4n) is 4.55. The minimum Gasteiger partial charge on any atom is -0.496 e. The van der Waals surface area contributed by atoms with Crippen LogP contribution in [0.4, 0.5) is 15.9 Å². The molecule has 0 bridgehead atoms. The van der Waals surface area contributed by atoms with Crippen molar-refractivity contribution in [2.24, 2.45) is 0 Å². The number of benzene rings is 2. The van der Waals surface area contributed by atoms with Crippen LogP contribution >= 0.6 is 0 Å². The molecule has 8 heteroatoms. The normalized spacial score (nSPS) is 13.6. The quantitative estimate of drug-likeness (QED) is 0.430. The third kappa shape index (κ3) is 4.07. The first-order valence-corrected chi connectivity index (χ1v) is 11.3. The number of ether oxygens (including phenoxy) is 1. The SMILES string of the molecule is COc1ccc(F)c2c1cc(C)n2CCNc1cc(-c2ccc(N3CCCC3=O)cc2)ncn1. The Bertz CT molecular complexity index is 1350. The number of rotatable bonds is 7. The van der Waals surface area contributed by atoms with E-state index in [-0.39, 0.29) is 11.7 Å². The van der Waals surface area contributed by atoms with E-state index in [4.69, 9.17) is 4.74 Å². The van der Waals surface area contributed by atoms with E-state index in [1.165, 1.54) is 12.4 Å². The summed E-state index contributed by atoms with van der Waals surface area (Å²) in [5.74, 6) is 1.25. The molecule has 7 nitrogen and oxygen atoms in total. The highest BCUT2D eigenvalue weighted by Gasteiger charge is 2.21. The van der Waals surface area contributed by atoms with Gasteiger partial charge in [0, 0.05) is 54.5 Å². The van der Waals surface area contributed by atoms with Crippen molar-refractivity contribution in [3.63, 3.8) is 0 Å². The van der Waals surface area contributed by atoms with Crippen molar-refractivity contribution >= 4 is 28.3 Å². The molecule has 34 heavy (non-hydrogen) atoms. The molecule has 0 saturated carbocycles. The van der Waals surface area contributed by atoms with Gasteiger partial charge in [-0.2, -0.15) is 0 Å². The largest absolute Gasteiger partial charge is 0.496 e. The molecule has 0 radical (unpaired) electrons. The third-order valence-electron chi connectivity index (χ3n) is 6.25. The molecule has 1 aliphatic rings. The highest BCUT2D eigenvalue weighted by molar-refractivity contribution is 5.95. The van der Waals surface area contributed by atoms with Gasteiger partial charge < -0.3 is 19.5 Å². The number of halogens is 1. The molecular formula is C26H26FN5O2. The number of carbonyl (C=O) groups excluding carboxylic acids is 1. The Labute approximate surface area is 197 Å². The van der Waals surface area contributed by atoms with Crippen molar-refractivity contribution in [3.05, 3.63) is 66.4 Å². The number of amides is 1. The summed E-state index contributed by atoms with van der Waals surface area (Å²) >= 11 is 0. The Hall–Kier alpha value is -3.94. The summed E-state index contributed by atoms with van der Waals surface area (Å²) in [7, 11) is 1.59. The van der Waals surface area contributed by atoms with Gasteiger partial charge in [0.1, 0.15) is 23.7 Å². The molecule has 3 heterocycles. The van der Waals surface area contributed by atoms with Gasteiger partial charge in [0.25, 0.3) is 0 Å². The maximum atomic E-state index is 14.6. The first-order chi connectivity index (χ1) is 16.5. The number of anilines is 2. The van der Waals surface area contributed by atoms with Crippen LogP contribution in [0, 0.1) is 12.7 Å². The molecule has 0 unspecified atom stereocenters. The van der Waals surface area contributed by atoms with Crippen LogP contribution in [-0.2, 0) is 11.3 Å². The van der Waals surface area contributed by atoms with E-state index in [1.807, 2.05) is 52.8 Å². The molecule has 1 amide bonds. The highest BCUT2D eigenvalue weighted by Crippen LogP contribution is 2.31. The monoisotopic (exact) mass is 459 g/mol. The Morgan fingerprint density at radius 3 is 2.68 bits per heavy atom. The zero-order chi connectivity index (χ0) is 23.7. The lowest BCUT2D eigenvalue weighted by molar-refractivity contribution is -0.117. The lowest BCUT2D eigenvalue weighted by Gasteiger charge is -2.16. The van der Waals surface area contributed by atoms with Crippen molar-refractivity contribution in [2.45, 2.75) is 26.3 Å². The van der Waals surface area contributed by atoms with Crippen LogP contribution in [0.2, 0.25) is 0 Å². The zero-order valence-corrected chi connectivity index (χ0v) is 19.2. The number of hydrogen-bond acceptors (Lipinski definition) is 5. The number of aromatic nitrogens is 3. The van der Waals surface area contributed by atoms with Gasteiger partial charge in [-0.1, -0.05) is 12.1 Å². The summed E-state index contributed by atoms with van der Waals surface area (Å²) in [6.45, 7) is 3.86. The Morgan fingerprint density at radius 1 is 1.12 bits per heavy atom. The summed E-state index contributed by atoms with van der Waals surface area (Å²) in [5.41, 5.74) is 4.15. The number of methoxy groups -OCH3 is 1. The molecular weight excluding hydrogens is 433 g/mol. The second-order valence-corrected chi connectivity index (χ2v) is 8.36. The smallest absolute Gasteiger partial charge is 0.227 e. The van der Waals surface area contributed by atoms with Crippen LogP contribution in [0.3, 0.4) is 0 Å². The minimum absolute atomic E-state index is 0.172. The predicted molar refractivity (Wildman–Crippen MR) is 131 cm³/mol. The van der Waals surface area contributed by atoms with Gasteiger partial charge in [-0.3, -0.25) is 4.79 Å². The molecule has 1 N–H and O–H groups in total. The summed E-state index contributed by atoms with van der Waals surface area (Å²) in [6.07, 6.45) is 3.04. The summed E-state index contributed by atoms with van der Waals surface area (Å²) in [5, 5.41) is 4.08. The molecule has 0 atom stereocenters. The van der Waals surface area contributed by atoms with E-state index in [0.29, 0.717) is 36.6 Å². The van der Waals surface area contributed by atoms with Crippen molar-refractivity contribution in [1.29, 1.82) is 0 Å². The standard InChI is InChI=1S/C26H26FN5O2/c1-17-14-20-23(34-2)10-9-21(27)26(20)31(17)13-11-28-24-15-22(29-16-30-24)18-5-7-19(8-6-18)32-12-3-4-25(32)33/h5-10,14-16H,3-4,11-13H2,1-2H3,(H,28,29,30). The lowest BCUT2D eigenvalue weighted by atomic mass is 10.1. The van der Waals surface area contributed by atoms with Gasteiger partial charge in [0.15, 0.2) is 0 Å².